The van der Waals surface area contributed by atoms with E-state index in [9.17, 15) is 9.59 Å². The van der Waals surface area contributed by atoms with E-state index in [0.29, 0.717) is 30.6 Å². The molecule has 0 bridgehead atoms. The monoisotopic (exact) mass is 362 g/mol. The van der Waals surface area contributed by atoms with Gasteiger partial charge in [0, 0.05) is 30.6 Å². The fourth-order valence-corrected chi connectivity index (χ4v) is 4.08. The van der Waals surface area contributed by atoms with Crippen molar-refractivity contribution in [3.8, 4) is 0 Å². The molecule has 2 fully saturated rings. The normalized spacial score (nSPS) is 22.0. The molecule has 1 N–H and O–H groups in total. The van der Waals surface area contributed by atoms with Gasteiger partial charge in [0.1, 0.15) is 0 Å². The molecule has 1 saturated carbocycles. The lowest BCUT2D eigenvalue weighted by molar-refractivity contribution is -0.129. The molecular formula is C20H27ClN2O2. The van der Waals surface area contributed by atoms with Crippen molar-refractivity contribution >= 4 is 23.4 Å². The van der Waals surface area contributed by atoms with Crippen molar-refractivity contribution < 1.29 is 9.59 Å². The van der Waals surface area contributed by atoms with Crippen LogP contribution in [0, 0.1) is 5.92 Å². The van der Waals surface area contributed by atoms with Crippen LogP contribution in [0.3, 0.4) is 0 Å². The highest BCUT2D eigenvalue weighted by atomic mass is 35.5. The summed E-state index contributed by atoms with van der Waals surface area (Å²) in [5.74, 6) is -0.0522. The molecule has 1 saturated heterocycles. The Balaban J connectivity index is 1.48. The fourth-order valence-electron chi connectivity index (χ4n) is 3.86. The van der Waals surface area contributed by atoms with E-state index in [0.717, 1.165) is 24.8 Å². The Morgan fingerprint density at radius 1 is 1.20 bits per heavy atom. The lowest BCUT2D eigenvalue weighted by Crippen LogP contribution is -2.39. The third-order valence-corrected chi connectivity index (χ3v) is 5.58. The van der Waals surface area contributed by atoms with Gasteiger partial charge in [0.15, 0.2) is 0 Å². The molecule has 2 aliphatic rings. The Morgan fingerprint density at radius 3 is 2.68 bits per heavy atom. The Morgan fingerprint density at radius 2 is 1.96 bits per heavy atom. The summed E-state index contributed by atoms with van der Waals surface area (Å²) >= 11 is 6.00. The topological polar surface area (TPSA) is 49.4 Å². The van der Waals surface area contributed by atoms with E-state index in [-0.39, 0.29) is 17.7 Å². The number of benzene rings is 1. The molecule has 1 aromatic carbocycles. The minimum Gasteiger partial charge on any atom is -0.353 e. The smallest absolute Gasteiger partial charge is 0.225 e. The van der Waals surface area contributed by atoms with Crippen molar-refractivity contribution in [3.63, 3.8) is 0 Å². The van der Waals surface area contributed by atoms with Crippen LogP contribution in [0.5, 0.6) is 0 Å². The van der Waals surface area contributed by atoms with E-state index in [1.807, 2.05) is 29.2 Å². The molecule has 1 unspecified atom stereocenters. The first-order valence-corrected chi connectivity index (χ1v) is 9.82. The van der Waals surface area contributed by atoms with Crippen molar-refractivity contribution in [2.75, 3.05) is 13.1 Å². The summed E-state index contributed by atoms with van der Waals surface area (Å²) in [6, 6.07) is 8.01. The van der Waals surface area contributed by atoms with Crippen LogP contribution >= 0.6 is 11.6 Å². The van der Waals surface area contributed by atoms with E-state index in [1.54, 1.807) is 0 Å². The van der Waals surface area contributed by atoms with Crippen LogP contribution in [0.1, 0.15) is 50.5 Å². The van der Waals surface area contributed by atoms with Gasteiger partial charge in [0.05, 0.1) is 5.92 Å². The molecule has 1 atom stereocenters. The molecule has 25 heavy (non-hydrogen) atoms. The zero-order chi connectivity index (χ0) is 17.6. The lowest BCUT2D eigenvalue weighted by atomic mass is 10.0. The molecule has 1 aliphatic carbocycles. The van der Waals surface area contributed by atoms with Crippen molar-refractivity contribution in [2.24, 2.45) is 5.92 Å². The third-order valence-electron chi connectivity index (χ3n) is 5.35. The first-order valence-electron chi connectivity index (χ1n) is 9.44. The first kappa shape index (κ1) is 18.2. The Kier molecular flexibility index (Phi) is 6.35. The molecule has 1 heterocycles. The minimum atomic E-state index is -0.199. The summed E-state index contributed by atoms with van der Waals surface area (Å²) in [5.41, 5.74) is 1.12. The number of rotatable bonds is 5. The summed E-state index contributed by atoms with van der Waals surface area (Å²) in [6.07, 6.45) is 8.19. The molecule has 1 aromatic rings. The van der Waals surface area contributed by atoms with Gasteiger partial charge in [-0.1, -0.05) is 49.4 Å². The van der Waals surface area contributed by atoms with Crippen LogP contribution in [0.4, 0.5) is 0 Å². The van der Waals surface area contributed by atoms with Gasteiger partial charge in [-0.25, -0.2) is 0 Å². The van der Waals surface area contributed by atoms with Crippen molar-refractivity contribution in [2.45, 2.75) is 57.4 Å². The summed E-state index contributed by atoms with van der Waals surface area (Å²) in [5, 5.41) is 3.90. The highest BCUT2D eigenvalue weighted by molar-refractivity contribution is 6.30. The van der Waals surface area contributed by atoms with Gasteiger partial charge in [0.2, 0.25) is 11.8 Å². The lowest BCUT2D eigenvalue weighted by Gasteiger charge is -2.20. The van der Waals surface area contributed by atoms with Gasteiger partial charge >= 0.3 is 0 Å². The Bertz CT molecular complexity index is 611. The second kappa shape index (κ2) is 8.70. The van der Waals surface area contributed by atoms with E-state index in [2.05, 4.69) is 5.32 Å². The van der Waals surface area contributed by atoms with Crippen molar-refractivity contribution in [1.29, 1.82) is 0 Å². The predicted octanol–water partition coefficient (Wildman–Crippen LogP) is 3.57. The summed E-state index contributed by atoms with van der Waals surface area (Å²) in [6.45, 7) is 1.18. The first-order chi connectivity index (χ1) is 12.1. The van der Waals surface area contributed by atoms with Gasteiger partial charge < -0.3 is 10.2 Å². The largest absolute Gasteiger partial charge is 0.353 e. The number of likely N-dealkylation sites (tertiary alicyclic amines) is 1. The summed E-state index contributed by atoms with van der Waals surface area (Å²) in [7, 11) is 0. The number of amides is 2. The highest BCUT2D eigenvalue weighted by Crippen LogP contribution is 2.22. The maximum atomic E-state index is 12.5. The Hall–Kier alpha value is -1.55. The van der Waals surface area contributed by atoms with Crippen LogP contribution in [-0.2, 0) is 16.0 Å². The number of nitrogens with zero attached hydrogens (tertiary/aromatic N) is 1. The van der Waals surface area contributed by atoms with Crippen LogP contribution in [0.2, 0.25) is 5.02 Å². The van der Waals surface area contributed by atoms with E-state index in [1.165, 1.54) is 25.7 Å². The standard InChI is InChI=1S/C20H27ClN2O2/c21-17-7-5-6-15(12-17)10-11-23-14-16(13-19(23)24)20(25)22-18-8-3-1-2-4-9-18/h5-7,12,16,18H,1-4,8-11,13-14H2,(H,22,25). The molecular weight excluding hydrogens is 336 g/mol. The third kappa shape index (κ3) is 5.21. The van der Waals surface area contributed by atoms with Crippen LogP contribution in [0.15, 0.2) is 24.3 Å². The number of hydrogen-bond acceptors (Lipinski definition) is 2. The molecule has 136 valence electrons. The second-order valence-corrected chi connectivity index (χ2v) is 7.75. The van der Waals surface area contributed by atoms with Gasteiger partial charge in [0.25, 0.3) is 0 Å². The van der Waals surface area contributed by atoms with Gasteiger partial charge in [-0.05, 0) is 37.0 Å². The Labute approximate surface area is 154 Å². The molecule has 1 aliphatic heterocycles. The quantitative estimate of drug-likeness (QED) is 0.814. The van der Waals surface area contributed by atoms with Gasteiger partial charge in [-0.2, -0.15) is 0 Å². The van der Waals surface area contributed by atoms with E-state index >= 15 is 0 Å². The van der Waals surface area contributed by atoms with Crippen LogP contribution in [-0.4, -0.2) is 35.8 Å². The minimum absolute atomic E-state index is 0.0607. The SMILES string of the molecule is O=C(NC1CCCCCC1)C1CC(=O)N(CCc2cccc(Cl)c2)C1. The van der Waals surface area contributed by atoms with Crippen molar-refractivity contribution in [3.05, 3.63) is 34.9 Å². The zero-order valence-electron chi connectivity index (χ0n) is 14.7. The summed E-state index contributed by atoms with van der Waals surface area (Å²) < 4.78 is 0. The van der Waals surface area contributed by atoms with Crippen LogP contribution in [0.25, 0.3) is 0 Å². The average Bonchev–Trinajstić information content (AvgIpc) is 2.79. The number of carbonyl (C=O) groups excluding carboxylic acids is 2. The molecule has 0 spiro atoms. The van der Waals surface area contributed by atoms with Gasteiger partial charge in [-0.15, -0.1) is 0 Å². The number of nitrogens with one attached hydrogen (secondary N) is 1. The second-order valence-electron chi connectivity index (χ2n) is 7.32. The molecule has 0 aromatic heterocycles. The van der Waals surface area contributed by atoms with E-state index in [4.69, 9.17) is 11.6 Å². The zero-order valence-corrected chi connectivity index (χ0v) is 15.4. The number of halogens is 1. The predicted molar refractivity (Wildman–Crippen MR) is 99.5 cm³/mol. The fraction of sp³-hybridized carbons (Fsp3) is 0.600. The van der Waals surface area contributed by atoms with Crippen LogP contribution < -0.4 is 5.32 Å². The number of carbonyl (C=O) groups is 2. The summed E-state index contributed by atoms with van der Waals surface area (Å²) in [4.78, 5) is 26.6. The van der Waals surface area contributed by atoms with E-state index < -0.39 is 0 Å². The van der Waals surface area contributed by atoms with Crippen molar-refractivity contribution in [1.82, 2.24) is 10.2 Å². The maximum Gasteiger partial charge on any atom is 0.225 e. The molecule has 5 heteroatoms. The molecule has 4 nitrogen and oxygen atoms in total. The maximum absolute atomic E-state index is 12.5. The van der Waals surface area contributed by atoms with Gasteiger partial charge in [-0.3, -0.25) is 9.59 Å². The average molecular weight is 363 g/mol. The molecule has 2 amide bonds. The highest BCUT2D eigenvalue weighted by Gasteiger charge is 2.34. The number of hydrogen-bond donors (Lipinski definition) is 1. The molecule has 0 radical (unpaired) electrons. The molecule has 3 rings (SSSR count).